The molecule has 2 N–H and O–H groups in total. The van der Waals surface area contributed by atoms with Crippen molar-refractivity contribution in [2.45, 2.75) is 46.1 Å². The summed E-state index contributed by atoms with van der Waals surface area (Å²) >= 11 is 6.11. The molecular weight excluding hydrogens is 502 g/mol. The molecule has 0 bridgehead atoms. The molecule has 1 aliphatic carbocycles. The quantitative estimate of drug-likeness (QED) is 0.439. The number of rotatable bonds is 9. The Bertz CT molecular complexity index is 1330. The molecular formula is C30H34ClN3O4. The van der Waals surface area contributed by atoms with Gasteiger partial charge in [0.05, 0.1) is 30.8 Å². The van der Waals surface area contributed by atoms with E-state index in [1.54, 1.807) is 7.11 Å². The number of benzene rings is 2. The van der Waals surface area contributed by atoms with Crippen LogP contribution < -0.4 is 15.2 Å². The number of carbonyl (C=O) groups is 1. The number of hydrogen-bond acceptors (Lipinski definition) is 7. The van der Waals surface area contributed by atoms with Crippen molar-refractivity contribution in [3.8, 4) is 17.6 Å². The van der Waals surface area contributed by atoms with Crippen LogP contribution in [-0.2, 0) is 16.1 Å². The number of ether oxygens (including phenoxy) is 3. The van der Waals surface area contributed by atoms with Crippen molar-refractivity contribution in [3.05, 3.63) is 81.3 Å². The molecule has 0 aromatic heterocycles. The van der Waals surface area contributed by atoms with E-state index in [1.165, 1.54) is 0 Å². The highest BCUT2D eigenvalue weighted by atomic mass is 35.5. The summed E-state index contributed by atoms with van der Waals surface area (Å²) in [7, 11) is 1.62. The zero-order chi connectivity index (χ0) is 27.4. The topological polar surface area (TPSA) is 97.8 Å². The second-order valence-corrected chi connectivity index (χ2v) is 10.8. The predicted molar refractivity (Wildman–Crippen MR) is 147 cm³/mol. The van der Waals surface area contributed by atoms with Crippen LogP contribution in [0.2, 0.25) is 5.02 Å². The highest BCUT2D eigenvalue weighted by Gasteiger charge is 2.44. The molecule has 1 atom stereocenters. The molecule has 0 unspecified atom stereocenters. The normalized spacial score (nSPS) is 18.8. The van der Waals surface area contributed by atoms with Crippen LogP contribution in [0.1, 0.15) is 50.7 Å². The summed E-state index contributed by atoms with van der Waals surface area (Å²) in [5, 5.41) is 10.9. The smallest absolute Gasteiger partial charge is 0.162 e. The lowest BCUT2D eigenvalue weighted by Gasteiger charge is -2.43. The molecule has 4 rings (SSSR count). The lowest BCUT2D eigenvalue weighted by atomic mass is 9.68. The highest BCUT2D eigenvalue weighted by molar-refractivity contribution is 6.30. The summed E-state index contributed by atoms with van der Waals surface area (Å²) in [4.78, 5) is 15.5. The maximum atomic E-state index is 13.6. The van der Waals surface area contributed by atoms with E-state index in [4.69, 9.17) is 31.5 Å². The van der Waals surface area contributed by atoms with E-state index in [2.05, 4.69) is 19.9 Å². The van der Waals surface area contributed by atoms with Gasteiger partial charge in [-0.05, 0) is 54.2 Å². The number of ketones is 1. The molecule has 0 saturated heterocycles. The monoisotopic (exact) mass is 535 g/mol. The number of Topliss-reactive ketones (excluding diaryl/α,β-unsaturated/α-hetero) is 1. The third kappa shape index (κ3) is 5.67. The largest absolute Gasteiger partial charge is 0.490 e. The standard InChI is InChI=1S/C30H34ClN3O4/c1-5-37-26-14-20(9-10-25(26)38-18-19-7-6-8-21(31)13-19)27-22(17-32)29(33)34(11-12-36-4)23-15-30(2,3)16-24(35)28(23)27/h6-10,13-14,27H,5,11-12,15-16,18,33H2,1-4H3/t27-/m1/s1. The summed E-state index contributed by atoms with van der Waals surface area (Å²) in [5.41, 5.74) is 9.92. The number of allylic oxidation sites excluding steroid dienone is 3. The lowest BCUT2D eigenvalue weighted by molar-refractivity contribution is -0.118. The van der Waals surface area contributed by atoms with Gasteiger partial charge in [0.25, 0.3) is 0 Å². The molecule has 1 aliphatic heterocycles. The van der Waals surface area contributed by atoms with Gasteiger partial charge in [0.15, 0.2) is 17.3 Å². The van der Waals surface area contributed by atoms with Crippen LogP contribution in [0, 0.1) is 16.7 Å². The summed E-state index contributed by atoms with van der Waals surface area (Å²) in [6.07, 6.45) is 1.07. The van der Waals surface area contributed by atoms with Gasteiger partial charge in [-0.1, -0.05) is 43.6 Å². The van der Waals surface area contributed by atoms with E-state index < -0.39 is 5.92 Å². The Hall–Kier alpha value is -3.47. The fourth-order valence-electron chi connectivity index (χ4n) is 5.23. The molecule has 0 radical (unpaired) electrons. The molecule has 2 aliphatic rings. The Morgan fingerprint density at radius 1 is 1.16 bits per heavy atom. The van der Waals surface area contributed by atoms with Crippen LogP contribution in [0.5, 0.6) is 11.5 Å². The van der Waals surface area contributed by atoms with Crippen LogP contribution in [0.3, 0.4) is 0 Å². The van der Waals surface area contributed by atoms with E-state index in [1.807, 2.05) is 54.3 Å². The van der Waals surface area contributed by atoms with Crippen molar-refractivity contribution in [2.24, 2.45) is 11.1 Å². The van der Waals surface area contributed by atoms with Crippen molar-refractivity contribution in [2.75, 3.05) is 26.9 Å². The van der Waals surface area contributed by atoms with E-state index in [-0.39, 0.29) is 11.2 Å². The van der Waals surface area contributed by atoms with Crippen molar-refractivity contribution in [1.82, 2.24) is 4.90 Å². The molecule has 2 aromatic rings. The molecule has 1 heterocycles. The number of carbonyl (C=O) groups excluding carboxylic acids is 1. The predicted octanol–water partition coefficient (Wildman–Crippen LogP) is 5.70. The second kappa shape index (κ2) is 11.5. The van der Waals surface area contributed by atoms with E-state index >= 15 is 0 Å². The van der Waals surface area contributed by atoms with Gasteiger partial charge in [-0.15, -0.1) is 0 Å². The van der Waals surface area contributed by atoms with Gasteiger partial charge in [0.1, 0.15) is 12.4 Å². The van der Waals surface area contributed by atoms with Crippen molar-refractivity contribution in [3.63, 3.8) is 0 Å². The van der Waals surface area contributed by atoms with Gasteiger partial charge in [-0.3, -0.25) is 4.79 Å². The molecule has 2 aromatic carbocycles. The first-order valence-corrected chi connectivity index (χ1v) is 13.1. The zero-order valence-corrected chi connectivity index (χ0v) is 23.1. The minimum absolute atomic E-state index is 0.0307. The average molecular weight is 536 g/mol. The maximum absolute atomic E-state index is 13.6. The number of methoxy groups -OCH3 is 1. The fraction of sp³-hybridized carbons (Fsp3) is 0.400. The Balaban J connectivity index is 1.77. The molecule has 0 saturated carbocycles. The Morgan fingerprint density at radius 3 is 2.63 bits per heavy atom. The third-order valence-electron chi connectivity index (χ3n) is 6.89. The Labute approximate surface area is 229 Å². The average Bonchev–Trinajstić information content (AvgIpc) is 2.86. The van der Waals surface area contributed by atoms with Gasteiger partial charge in [0.2, 0.25) is 0 Å². The van der Waals surface area contributed by atoms with Crippen LogP contribution in [0.4, 0.5) is 0 Å². The zero-order valence-electron chi connectivity index (χ0n) is 22.3. The number of nitrogens with zero attached hydrogens (tertiary/aromatic N) is 2. The molecule has 200 valence electrons. The fourth-order valence-corrected chi connectivity index (χ4v) is 5.44. The third-order valence-corrected chi connectivity index (χ3v) is 7.13. The van der Waals surface area contributed by atoms with Gasteiger partial charge < -0.3 is 24.8 Å². The van der Waals surface area contributed by atoms with Crippen LogP contribution >= 0.6 is 11.6 Å². The summed E-state index contributed by atoms with van der Waals surface area (Å²) in [6.45, 7) is 7.68. The van der Waals surface area contributed by atoms with Gasteiger partial charge in [-0.25, -0.2) is 0 Å². The Kier molecular flexibility index (Phi) is 8.35. The minimum Gasteiger partial charge on any atom is -0.490 e. The first-order chi connectivity index (χ1) is 18.2. The van der Waals surface area contributed by atoms with Gasteiger partial charge in [0, 0.05) is 36.4 Å². The number of halogens is 1. The highest BCUT2D eigenvalue weighted by Crippen LogP contribution is 2.49. The van der Waals surface area contributed by atoms with Gasteiger partial charge in [-0.2, -0.15) is 5.26 Å². The number of hydrogen-bond donors (Lipinski definition) is 1. The molecule has 7 nitrogen and oxygen atoms in total. The van der Waals surface area contributed by atoms with Crippen LogP contribution in [0.25, 0.3) is 0 Å². The minimum atomic E-state index is -0.585. The van der Waals surface area contributed by atoms with Crippen molar-refractivity contribution < 1.29 is 19.0 Å². The number of nitriles is 1. The summed E-state index contributed by atoms with van der Waals surface area (Å²) < 4.78 is 17.3. The van der Waals surface area contributed by atoms with Crippen molar-refractivity contribution >= 4 is 17.4 Å². The summed E-state index contributed by atoms with van der Waals surface area (Å²) in [6, 6.07) is 15.3. The molecule has 0 fully saturated rings. The molecule has 8 heteroatoms. The van der Waals surface area contributed by atoms with E-state index in [9.17, 15) is 10.1 Å². The first kappa shape index (κ1) is 27.6. The molecule has 0 amide bonds. The van der Waals surface area contributed by atoms with Crippen molar-refractivity contribution in [1.29, 1.82) is 5.26 Å². The lowest BCUT2D eigenvalue weighted by Crippen LogP contribution is -2.43. The first-order valence-electron chi connectivity index (χ1n) is 12.8. The molecule has 0 spiro atoms. The van der Waals surface area contributed by atoms with E-state index in [0.717, 1.165) is 16.8 Å². The van der Waals surface area contributed by atoms with Crippen LogP contribution in [-0.4, -0.2) is 37.6 Å². The van der Waals surface area contributed by atoms with Crippen LogP contribution in [0.15, 0.2) is 65.1 Å². The maximum Gasteiger partial charge on any atom is 0.162 e. The number of nitrogens with two attached hydrogens (primary N) is 1. The Morgan fingerprint density at radius 2 is 1.95 bits per heavy atom. The SMILES string of the molecule is CCOc1cc([C@@H]2C(C#N)=C(N)N(CCOC)C3=C2C(=O)CC(C)(C)C3)ccc1OCc1cccc(Cl)c1. The molecule has 38 heavy (non-hydrogen) atoms. The summed E-state index contributed by atoms with van der Waals surface area (Å²) in [5.74, 6) is 0.907. The second-order valence-electron chi connectivity index (χ2n) is 10.3. The van der Waals surface area contributed by atoms with E-state index in [0.29, 0.717) is 72.7 Å². The van der Waals surface area contributed by atoms with Gasteiger partial charge >= 0.3 is 0 Å².